The normalized spacial score (nSPS) is 36.5. The zero-order valence-electron chi connectivity index (χ0n) is 8.83. The van der Waals surface area contributed by atoms with Gasteiger partial charge in [-0.15, -0.1) is 0 Å². The van der Waals surface area contributed by atoms with Crippen molar-refractivity contribution in [1.29, 1.82) is 0 Å². The summed E-state index contributed by atoms with van der Waals surface area (Å²) in [4.78, 5) is 2.43. The number of hydrogen-bond donors (Lipinski definition) is 0. The highest BCUT2D eigenvalue weighted by Gasteiger charge is 2.26. The molecule has 76 valence electrons. The third-order valence-electron chi connectivity index (χ3n) is 3.42. The lowest BCUT2D eigenvalue weighted by Crippen LogP contribution is -2.41. The van der Waals surface area contributed by atoms with Crippen LogP contribution in [0.25, 0.3) is 0 Å². The summed E-state index contributed by atoms with van der Waals surface area (Å²) in [6.45, 7) is 4.53. The number of ether oxygens (including phenoxy) is 1. The van der Waals surface area contributed by atoms with Crippen LogP contribution in [0.2, 0.25) is 0 Å². The molecule has 2 fully saturated rings. The largest absolute Gasteiger partial charge is 0.378 e. The summed E-state index contributed by atoms with van der Waals surface area (Å²) >= 11 is 0. The van der Waals surface area contributed by atoms with Crippen LogP contribution in [0, 0.1) is 5.92 Å². The Bertz CT molecular complexity index is 167. The van der Waals surface area contributed by atoms with E-state index in [2.05, 4.69) is 18.9 Å². The van der Waals surface area contributed by atoms with E-state index in [0.29, 0.717) is 12.1 Å². The van der Waals surface area contributed by atoms with E-state index in [0.717, 1.165) is 12.5 Å². The molecule has 0 bridgehead atoms. The minimum Gasteiger partial charge on any atom is -0.378 e. The molecule has 1 saturated heterocycles. The molecule has 13 heavy (non-hydrogen) atoms. The van der Waals surface area contributed by atoms with Crippen LogP contribution in [0.15, 0.2) is 0 Å². The summed E-state index contributed by atoms with van der Waals surface area (Å²) in [6, 6.07) is 0.706. The van der Waals surface area contributed by atoms with Gasteiger partial charge in [-0.2, -0.15) is 0 Å². The fourth-order valence-corrected chi connectivity index (χ4v) is 1.95. The van der Waals surface area contributed by atoms with Crippen LogP contribution in [0.4, 0.5) is 0 Å². The maximum Gasteiger partial charge on any atom is 0.0602 e. The van der Waals surface area contributed by atoms with E-state index in [9.17, 15) is 0 Å². The molecule has 0 amide bonds. The first-order valence-corrected chi connectivity index (χ1v) is 5.57. The molecule has 2 heteroatoms. The Morgan fingerprint density at radius 1 is 1.31 bits per heavy atom. The minimum atomic E-state index is 0.548. The van der Waals surface area contributed by atoms with Gasteiger partial charge in [0, 0.05) is 19.2 Å². The first-order chi connectivity index (χ1) is 6.25. The van der Waals surface area contributed by atoms with Gasteiger partial charge in [0.05, 0.1) is 6.10 Å². The molecule has 2 rings (SSSR count). The SMILES string of the molecule is C[C@@H]1C[C@H](OCC2CC2)CCN1C. The van der Waals surface area contributed by atoms with Crippen molar-refractivity contribution in [3.8, 4) is 0 Å². The van der Waals surface area contributed by atoms with Crippen molar-refractivity contribution in [2.24, 2.45) is 5.92 Å². The molecule has 1 heterocycles. The summed E-state index contributed by atoms with van der Waals surface area (Å²) in [5.41, 5.74) is 0. The zero-order valence-corrected chi connectivity index (χ0v) is 8.83. The maximum absolute atomic E-state index is 5.90. The van der Waals surface area contributed by atoms with Crippen LogP contribution in [-0.4, -0.2) is 37.2 Å². The molecule has 0 aromatic carbocycles. The second kappa shape index (κ2) is 3.97. The summed E-state index contributed by atoms with van der Waals surface area (Å²) < 4.78 is 5.90. The lowest BCUT2D eigenvalue weighted by molar-refractivity contribution is -0.00940. The van der Waals surface area contributed by atoms with E-state index >= 15 is 0 Å². The Kier molecular flexibility index (Phi) is 2.89. The van der Waals surface area contributed by atoms with Crippen LogP contribution in [0.3, 0.4) is 0 Å². The van der Waals surface area contributed by atoms with Crippen LogP contribution in [-0.2, 0) is 4.74 Å². The predicted molar refractivity (Wildman–Crippen MR) is 53.8 cm³/mol. The summed E-state index contributed by atoms with van der Waals surface area (Å²) in [5, 5.41) is 0. The Hall–Kier alpha value is -0.0800. The van der Waals surface area contributed by atoms with Gasteiger partial charge in [0.2, 0.25) is 0 Å². The number of likely N-dealkylation sites (tertiary alicyclic amines) is 1. The molecule has 2 atom stereocenters. The first-order valence-electron chi connectivity index (χ1n) is 5.57. The standard InChI is InChI=1S/C11H21NO/c1-9-7-11(5-6-12(9)2)13-8-10-3-4-10/h9-11H,3-8H2,1-2H3/t9-,11-/m1/s1. The molecule has 1 saturated carbocycles. The molecule has 0 radical (unpaired) electrons. The van der Waals surface area contributed by atoms with Gasteiger partial charge in [0.15, 0.2) is 0 Å². The van der Waals surface area contributed by atoms with Gasteiger partial charge in [0.1, 0.15) is 0 Å². The lowest BCUT2D eigenvalue weighted by atomic mass is 10.0. The monoisotopic (exact) mass is 183 g/mol. The molecule has 0 aromatic heterocycles. The zero-order chi connectivity index (χ0) is 9.26. The number of piperidine rings is 1. The number of hydrogen-bond acceptors (Lipinski definition) is 2. The summed E-state index contributed by atoms with van der Waals surface area (Å²) in [7, 11) is 2.21. The molecule has 2 nitrogen and oxygen atoms in total. The van der Waals surface area contributed by atoms with E-state index in [4.69, 9.17) is 4.74 Å². The quantitative estimate of drug-likeness (QED) is 0.662. The van der Waals surface area contributed by atoms with Gasteiger partial charge in [-0.05, 0) is 45.6 Å². The average Bonchev–Trinajstić information content (AvgIpc) is 2.91. The van der Waals surface area contributed by atoms with Crippen molar-refractivity contribution in [1.82, 2.24) is 4.90 Å². The van der Waals surface area contributed by atoms with Gasteiger partial charge in [-0.25, -0.2) is 0 Å². The number of nitrogens with zero attached hydrogens (tertiary/aromatic N) is 1. The van der Waals surface area contributed by atoms with Crippen LogP contribution < -0.4 is 0 Å². The van der Waals surface area contributed by atoms with Gasteiger partial charge in [-0.3, -0.25) is 0 Å². The third-order valence-corrected chi connectivity index (χ3v) is 3.42. The van der Waals surface area contributed by atoms with Crippen LogP contribution in [0.5, 0.6) is 0 Å². The topological polar surface area (TPSA) is 12.5 Å². The molecule has 2 aliphatic rings. The molecular formula is C11H21NO. The van der Waals surface area contributed by atoms with E-state index in [1.807, 2.05) is 0 Å². The fraction of sp³-hybridized carbons (Fsp3) is 1.00. The van der Waals surface area contributed by atoms with Crippen molar-refractivity contribution >= 4 is 0 Å². The predicted octanol–water partition coefficient (Wildman–Crippen LogP) is 1.90. The van der Waals surface area contributed by atoms with Crippen molar-refractivity contribution in [2.75, 3.05) is 20.2 Å². The van der Waals surface area contributed by atoms with Crippen LogP contribution >= 0.6 is 0 Å². The van der Waals surface area contributed by atoms with E-state index in [1.165, 1.54) is 32.2 Å². The second-order valence-corrected chi connectivity index (χ2v) is 4.75. The van der Waals surface area contributed by atoms with Crippen molar-refractivity contribution in [2.45, 2.75) is 44.8 Å². The Balaban J connectivity index is 1.68. The highest BCUT2D eigenvalue weighted by Crippen LogP contribution is 2.30. The smallest absolute Gasteiger partial charge is 0.0602 e. The van der Waals surface area contributed by atoms with Crippen molar-refractivity contribution in [3.63, 3.8) is 0 Å². The van der Waals surface area contributed by atoms with Gasteiger partial charge >= 0.3 is 0 Å². The summed E-state index contributed by atoms with van der Waals surface area (Å²) in [5.74, 6) is 0.912. The molecular weight excluding hydrogens is 162 g/mol. The molecule has 0 spiro atoms. The Morgan fingerprint density at radius 3 is 2.69 bits per heavy atom. The fourth-order valence-electron chi connectivity index (χ4n) is 1.95. The number of rotatable bonds is 3. The Morgan fingerprint density at radius 2 is 2.08 bits per heavy atom. The molecule has 1 aliphatic heterocycles. The highest BCUT2D eigenvalue weighted by atomic mass is 16.5. The van der Waals surface area contributed by atoms with Crippen LogP contribution in [0.1, 0.15) is 32.6 Å². The Labute approximate surface area is 81.3 Å². The average molecular weight is 183 g/mol. The minimum absolute atomic E-state index is 0.548. The molecule has 0 aromatic rings. The molecule has 1 aliphatic carbocycles. The van der Waals surface area contributed by atoms with Crippen molar-refractivity contribution < 1.29 is 4.74 Å². The lowest BCUT2D eigenvalue weighted by Gasteiger charge is -2.34. The summed E-state index contributed by atoms with van der Waals surface area (Å²) in [6.07, 6.45) is 5.81. The van der Waals surface area contributed by atoms with Gasteiger partial charge in [0.25, 0.3) is 0 Å². The van der Waals surface area contributed by atoms with E-state index in [-0.39, 0.29) is 0 Å². The highest BCUT2D eigenvalue weighted by molar-refractivity contribution is 4.79. The van der Waals surface area contributed by atoms with E-state index in [1.54, 1.807) is 0 Å². The third kappa shape index (κ3) is 2.68. The van der Waals surface area contributed by atoms with Crippen molar-refractivity contribution in [3.05, 3.63) is 0 Å². The molecule has 0 unspecified atom stereocenters. The van der Waals surface area contributed by atoms with Gasteiger partial charge < -0.3 is 9.64 Å². The van der Waals surface area contributed by atoms with E-state index < -0.39 is 0 Å². The first kappa shape index (κ1) is 9.47. The van der Waals surface area contributed by atoms with Gasteiger partial charge in [-0.1, -0.05) is 0 Å². The second-order valence-electron chi connectivity index (χ2n) is 4.75. The maximum atomic E-state index is 5.90. The molecule has 0 N–H and O–H groups in total.